The highest BCUT2D eigenvalue weighted by molar-refractivity contribution is 6.09. The molecule has 1 aliphatic heterocycles. The van der Waals surface area contributed by atoms with Crippen LogP contribution < -0.4 is 14.5 Å². The second-order valence-corrected chi connectivity index (χ2v) is 20.6. The molecular weight excluding hydrogens is 829 g/mol. The molecule has 9 aromatic rings. The molecule has 0 radical (unpaired) electrons. The van der Waals surface area contributed by atoms with E-state index in [0.717, 1.165) is 56.2 Å². The number of anilines is 2. The number of benzene rings is 7. The smallest absolute Gasteiger partial charge is 0.137 e. The van der Waals surface area contributed by atoms with Gasteiger partial charge < -0.3 is 14.5 Å². The lowest BCUT2D eigenvalue weighted by Crippen LogP contribution is -2.27. The average Bonchev–Trinajstić information content (AvgIpc) is 3.94. The van der Waals surface area contributed by atoms with Crippen molar-refractivity contribution in [1.29, 1.82) is 0 Å². The van der Waals surface area contributed by atoms with Gasteiger partial charge in [-0.15, -0.1) is 0 Å². The van der Waals surface area contributed by atoms with E-state index in [1.54, 1.807) is 0 Å². The van der Waals surface area contributed by atoms with Gasteiger partial charge in [0.25, 0.3) is 0 Å². The highest BCUT2D eigenvalue weighted by Crippen LogP contribution is 2.45. The minimum Gasteiger partial charge on any atom is -0.457 e. The Morgan fingerprint density at radius 3 is 1.90 bits per heavy atom. The standard InChI is InChI=1S/C63H62N4O/c1-42(2)53-27-19-28-54(43(3)4)61(53)59-40-65(49-25-18-24-48(36-49)63(8,9)46-22-14-11-15-23-46)41-66(59)50-34-45(44-20-12-10-13-21-44)35-52(38-50)68-51-30-31-56-55-26-16-17-29-57(55)67(58(56)39-51)60-37-47(32-33-64-60)62(5,6)7/h10-40,42-43H,41H2,1-9H3. The lowest BCUT2D eigenvalue weighted by molar-refractivity contribution is 0.483. The Bertz CT molecular complexity index is 3290. The molecule has 0 unspecified atom stereocenters. The molecule has 0 amide bonds. The summed E-state index contributed by atoms with van der Waals surface area (Å²) in [5.74, 6) is 3.06. The predicted octanol–water partition coefficient (Wildman–Crippen LogP) is 16.8. The highest BCUT2D eigenvalue weighted by atomic mass is 16.5. The van der Waals surface area contributed by atoms with Crippen molar-refractivity contribution < 1.29 is 4.74 Å². The van der Waals surface area contributed by atoms with Crippen LogP contribution in [0.2, 0.25) is 0 Å². The minimum atomic E-state index is -0.182. The molecule has 0 atom stereocenters. The molecule has 0 N–H and O–H groups in total. The van der Waals surface area contributed by atoms with Gasteiger partial charge in [0.05, 0.1) is 23.4 Å². The third kappa shape index (κ3) is 8.36. The van der Waals surface area contributed by atoms with Gasteiger partial charge in [0.2, 0.25) is 0 Å². The van der Waals surface area contributed by atoms with E-state index in [1.807, 2.05) is 6.20 Å². The molecule has 3 heterocycles. The van der Waals surface area contributed by atoms with E-state index in [2.05, 4.69) is 259 Å². The molecule has 2 aromatic heterocycles. The van der Waals surface area contributed by atoms with Crippen molar-refractivity contribution in [2.75, 3.05) is 16.5 Å². The SMILES string of the molecule is CC(C)c1cccc(C(C)C)c1C1=CN(c2cccc(C(C)(C)c3ccccc3)c2)CN1c1cc(Oc2ccc3c4ccccc4n(-c4cc(C(C)(C)C)ccn4)c3c2)cc(-c2ccccc2)c1. The van der Waals surface area contributed by atoms with Crippen molar-refractivity contribution in [2.24, 2.45) is 0 Å². The zero-order chi connectivity index (χ0) is 47.3. The average molecular weight is 891 g/mol. The number of fused-ring (bicyclic) bond motifs is 3. The maximum Gasteiger partial charge on any atom is 0.137 e. The maximum absolute atomic E-state index is 7.09. The zero-order valence-electron chi connectivity index (χ0n) is 41.0. The number of aromatic nitrogens is 2. The minimum absolute atomic E-state index is 0.0236. The molecule has 0 spiro atoms. The fourth-order valence-electron chi connectivity index (χ4n) is 10.0. The summed E-state index contributed by atoms with van der Waals surface area (Å²) in [6.45, 7) is 21.3. The Morgan fingerprint density at radius 1 is 0.515 bits per heavy atom. The third-order valence-electron chi connectivity index (χ3n) is 13.9. The Morgan fingerprint density at radius 2 is 1.18 bits per heavy atom. The second-order valence-electron chi connectivity index (χ2n) is 20.6. The molecule has 68 heavy (non-hydrogen) atoms. The van der Waals surface area contributed by atoms with Crippen LogP contribution in [-0.2, 0) is 10.8 Å². The molecule has 7 aromatic carbocycles. The van der Waals surface area contributed by atoms with Gasteiger partial charge in [-0.2, -0.15) is 0 Å². The van der Waals surface area contributed by atoms with Gasteiger partial charge in [-0.3, -0.25) is 4.57 Å². The summed E-state index contributed by atoms with van der Waals surface area (Å²) in [6.07, 6.45) is 4.31. The summed E-state index contributed by atoms with van der Waals surface area (Å²) in [4.78, 5) is 9.86. The Labute approximate surface area is 403 Å². The molecular formula is C63H62N4O. The van der Waals surface area contributed by atoms with E-state index in [4.69, 9.17) is 9.72 Å². The first-order valence-corrected chi connectivity index (χ1v) is 24.2. The van der Waals surface area contributed by atoms with Crippen LogP contribution in [0.25, 0.3) is 44.4 Å². The van der Waals surface area contributed by atoms with Crippen molar-refractivity contribution in [2.45, 2.75) is 85.0 Å². The lowest BCUT2D eigenvalue weighted by atomic mass is 9.78. The van der Waals surface area contributed by atoms with Crippen LogP contribution in [0.1, 0.15) is 108 Å². The predicted molar refractivity (Wildman–Crippen MR) is 287 cm³/mol. The number of hydrogen-bond acceptors (Lipinski definition) is 4. The number of ether oxygens (including phenoxy) is 1. The van der Waals surface area contributed by atoms with Gasteiger partial charge in [0.1, 0.15) is 17.3 Å². The Balaban J connectivity index is 1.12. The number of hydrogen-bond donors (Lipinski definition) is 0. The molecule has 10 rings (SSSR count). The van der Waals surface area contributed by atoms with Crippen molar-refractivity contribution >= 4 is 38.9 Å². The van der Waals surface area contributed by atoms with Crippen LogP contribution in [0.4, 0.5) is 11.4 Å². The van der Waals surface area contributed by atoms with Crippen LogP contribution in [0, 0.1) is 0 Å². The zero-order valence-corrected chi connectivity index (χ0v) is 41.0. The van der Waals surface area contributed by atoms with E-state index in [-0.39, 0.29) is 10.8 Å². The molecule has 0 bridgehead atoms. The van der Waals surface area contributed by atoms with Gasteiger partial charge in [0.15, 0.2) is 0 Å². The second kappa shape index (κ2) is 17.7. The number of nitrogens with zero attached hydrogens (tertiary/aromatic N) is 4. The molecule has 0 aliphatic carbocycles. The summed E-state index contributed by atoms with van der Waals surface area (Å²) < 4.78 is 9.37. The maximum atomic E-state index is 7.09. The normalized spacial score (nSPS) is 13.3. The van der Waals surface area contributed by atoms with Crippen LogP contribution in [-0.4, -0.2) is 16.2 Å². The van der Waals surface area contributed by atoms with Gasteiger partial charge in [-0.25, -0.2) is 4.98 Å². The summed E-state index contributed by atoms with van der Waals surface area (Å²) >= 11 is 0. The molecule has 340 valence electrons. The van der Waals surface area contributed by atoms with Crippen LogP contribution in [0.3, 0.4) is 0 Å². The fourth-order valence-corrected chi connectivity index (χ4v) is 10.0. The van der Waals surface area contributed by atoms with Crippen molar-refractivity contribution in [1.82, 2.24) is 9.55 Å². The first kappa shape index (κ1) is 44.5. The summed E-state index contributed by atoms with van der Waals surface area (Å²) in [7, 11) is 0. The third-order valence-corrected chi connectivity index (χ3v) is 13.9. The van der Waals surface area contributed by atoms with Gasteiger partial charge in [-0.05, 0) is 111 Å². The summed E-state index contributed by atoms with van der Waals surface area (Å²) in [6, 6.07) is 63.6. The van der Waals surface area contributed by atoms with E-state index in [0.29, 0.717) is 18.5 Å². The van der Waals surface area contributed by atoms with E-state index < -0.39 is 0 Å². The lowest BCUT2D eigenvalue weighted by Gasteiger charge is -2.29. The van der Waals surface area contributed by atoms with Crippen LogP contribution >= 0.6 is 0 Å². The highest BCUT2D eigenvalue weighted by Gasteiger charge is 2.31. The number of rotatable bonds is 11. The molecule has 5 nitrogen and oxygen atoms in total. The molecule has 0 saturated heterocycles. The first-order chi connectivity index (χ1) is 32.7. The quantitative estimate of drug-likeness (QED) is 0.130. The van der Waals surface area contributed by atoms with Crippen LogP contribution in [0.5, 0.6) is 11.5 Å². The summed E-state index contributed by atoms with van der Waals surface area (Å²) in [5, 5.41) is 2.34. The molecule has 1 aliphatic rings. The van der Waals surface area contributed by atoms with Gasteiger partial charge >= 0.3 is 0 Å². The van der Waals surface area contributed by atoms with Crippen molar-refractivity contribution in [3.8, 4) is 28.4 Å². The first-order valence-electron chi connectivity index (χ1n) is 24.2. The Kier molecular flexibility index (Phi) is 11.6. The monoisotopic (exact) mass is 890 g/mol. The fraction of sp³-hybridized carbons (Fsp3) is 0.222. The van der Waals surface area contributed by atoms with E-state index in [1.165, 1.54) is 44.5 Å². The van der Waals surface area contributed by atoms with Gasteiger partial charge in [0, 0.05) is 57.7 Å². The number of pyridine rings is 1. The van der Waals surface area contributed by atoms with Gasteiger partial charge in [-0.1, -0.05) is 172 Å². The Hall–Kier alpha value is -7.37. The van der Waals surface area contributed by atoms with E-state index >= 15 is 0 Å². The van der Waals surface area contributed by atoms with Crippen molar-refractivity contribution in [3.05, 3.63) is 222 Å². The molecule has 5 heteroatoms. The van der Waals surface area contributed by atoms with E-state index in [9.17, 15) is 0 Å². The molecule has 0 saturated carbocycles. The largest absolute Gasteiger partial charge is 0.457 e. The number of para-hydroxylation sites is 1. The molecule has 0 fully saturated rings. The topological polar surface area (TPSA) is 33.5 Å². The van der Waals surface area contributed by atoms with Crippen molar-refractivity contribution in [3.63, 3.8) is 0 Å². The van der Waals surface area contributed by atoms with Crippen LogP contribution in [0.15, 0.2) is 188 Å². The summed E-state index contributed by atoms with van der Waals surface area (Å²) in [5.41, 5.74) is 15.3.